The van der Waals surface area contributed by atoms with Gasteiger partial charge in [-0.15, -0.1) is 0 Å². The summed E-state index contributed by atoms with van der Waals surface area (Å²) in [6.07, 6.45) is 1.04. The van der Waals surface area contributed by atoms with Gasteiger partial charge in [0.2, 0.25) is 0 Å². The molecule has 1 atom stereocenters. The van der Waals surface area contributed by atoms with Gasteiger partial charge < -0.3 is 4.79 Å². The van der Waals surface area contributed by atoms with E-state index in [0.29, 0.717) is 0 Å². The van der Waals surface area contributed by atoms with Gasteiger partial charge in [-0.25, -0.2) is 0 Å². The maximum atomic E-state index is 11.9. The molecule has 0 saturated heterocycles. The van der Waals surface area contributed by atoms with Crippen LogP contribution < -0.4 is 0 Å². The van der Waals surface area contributed by atoms with Crippen molar-refractivity contribution in [1.29, 1.82) is 0 Å². The molecule has 0 amide bonds. The molecule has 3 rings (SSSR count). The van der Waals surface area contributed by atoms with Crippen molar-refractivity contribution in [3.63, 3.8) is 0 Å². The lowest BCUT2D eigenvalue weighted by molar-refractivity contribution is -0.113. The molecule has 0 aromatic heterocycles. The molecule has 3 aromatic rings. The van der Waals surface area contributed by atoms with Crippen LogP contribution in [0.1, 0.15) is 22.7 Å². The van der Waals surface area contributed by atoms with Gasteiger partial charge in [-0.05, 0) is 16.7 Å². The largest absolute Gasteiger partial charge is 0.301 e. The zero-order valence-electron chi connectivity index (χ0n) is 13.6. The number of hydrogen-bond acceptors (Lipinski definition) is 2. The molecule has 24 heavy (non-hydrogen) atoms. The molecule has 0 fully saturated rings. The number of aldehydes is 1. The Balaban J connectivity index is 1.89. The number of carbonyl (C=O) groups excluding carboxylic acids is 1. The summed E-state index contributed by atoms with van der Waals surface area (Å²) >= 11 is 0. The zero-order chi connectivity index (χ0) is 16.6. The Bertz CT molecular complexity index is 699. The average Bonchev–Trinajstić information content (AvgIpc) is 2.65. The molecule has 0 aliphatic heterocycles. The van der Waals surface area contributed by atoms with Gasteiger partial charge in [-0.1, -0.05) is 91.0 Å². The van der Waals surface area contributed by atoms with Crippen LogP contribution in [0.25, 0.3) is 0 Å². The predicted molar refractivity (Wildman–Crippen MR) is 97.4 cm³/mol. The first-order valence-electron chi connectivity index (χ1n) is 8.19. The first-order valence-corrected chi connectivity index (χ1v) is 8.19. The van der Waals surface area contributed by atoms with Gasteiger partial charge in [0.05, 0.1) is 6.04 Å². The molecule has 0 saturated carbocycles. The van der Waals surface area contributed by atoms with Crippen molar-refractivity contribution < 1.29 is 4.79 Å². The molecule has 0 N–H and O–H groups in total. The van der Waals surface area contributed by atoms with Crippen molar-refractivity contribution >= 4 is 6.29 Å². The molecule has 3 aromatic carbocycles. The van der Waals surface area contributed by atoms with Crippen LogP contribution in [0.4, 0.5) is 0 Å². The molecule has 2 heteroatoms. The van der Waals surface area contributed by atoms with Crippen molar-refractivity contribution in [3.05, 3.63) is 108 Å². The van der Waals surface area contributed by atoms with E-state index < -0.39 is 0 Å². The van der Waals surface area contributed by atoms with Crippen LogP contribution in [0.2, 0.25) is 0 Å². The predicted octanol–water partition coefficient (Wildman–Crippen LogP) is 4.63. The van der Waals surface area contributed by atoms with E-state index in [4.69, 9.17) is 0 Å². The fraction of sp³-hybridized carbons (Fsp3) is 0.136. The second-order valence-electron chi connectivity index (χ2n) is 5.87. The second kappa shape index (κ2) is 8.23. The first-order chi connectivity index (χ1) is 11.9. The lowest BCUT2D eigenvalue weighted by Crippen LogP contribution is -2.29. The van der Waals surface area contributed by atoms with Gasteiger partial charge in [0, 0.05) is 13.1 Å². The minimum atomic E-state index is -0.258. The SMILES string of the molecule is O=CC(c1ccccc1)N(Cc1ccccc1)Cc1ccccc1. The van der Waals surface area contributed by atoms with Crippen molar-refractivity contribution in [2.24, 2.45) is 0 Å². The number of hydrogen-bond donors (Lipinski definition) is 0. The average molecular weight is 315 g/mol. The quantitative estimate of drug-likeness (QED) is 0.593. The second-order valence-corrected chi connectivity index (χ2v) is 5.87. The smallest absolute Gasteiger partial charge is 0.141 e. The fourth-order valence-electron chi connectivity index (χ4n) is 2.91. The maximum Gasteiger partial charge on any atom is 0.141 e. The molecule has 0 heterocycles. The molecular weight excluding hydrogens is 294 g/mol. The van der Waals surface area contributed by atoms with E-state index >= 15 is 0 Å². The van der Waals surface area contributed by atoms with Crippen LogP contribution in [0.5, 0.6) is 0 Å². The van der Waals surface area contributed by atoms with Gasteiger partial charge in [0.1, 0.15) is 6.29 Å². The van der Waals surface area contributed by atoms with Crippen molar-refractivity contribution in [2.45, 2.75) is 19.1 Å². The third kappa shape index (κ3) is 4.18. The summed E-state index contributed by atoms with van der Waals surface area (Å²) in [6, 6.07) is 30.3. The van der Waals surface area contributed by atoms with Gasteiger partial charge in [0.25, 0.3) is 0 Å². The van der Waals surface area contributed by atoms with Crippen LogP contribution in [-0.2, 0) is 17.9 Å². The Morgan fingerprint density at radius 1 is 0.667 bits per heavy atom. The van der Waals surface area contributed by atoms with Crippen LogP contribution in [0.15, 0.2) is 91.0 Å². The summed E-state index contributed by atoms with van der Waals surface area (Å²) in [6.45, 7) is 1.46. The van der Waals surface area contributed by atoms with Gasteiger partial charge in [0.15, 0.2) is 0 Å². The van der Waals surface area contributed by atoms with Crippen LogP contribution in [-0.4, -0.2) is 11.2 Å². The molecule has 1 unspecified atom stereocenters. The number of benzene rings is 3. The summed E-state index contributed by atoms with van der Waals surface area (Å²) in [4.78, 5) is 14.1. The monoisotopic (exact) mass is 315 g/mol. The van der Waals surface area contributed by atoms with E-state index in [9.17, 15) is 4.79 Å². The van der Waals surface area contributed by atoms with Crippen LogP contribution in [0.3, 0.4) is 0 Å². The lowest BCUT2D eigenvalue weighted by Gasteiger charge is -2.28. The first kappa shape index (κ1) is 16.2. The molecule has 0 radical (unpaired) electrons. The van der Waals surface area contributed by atoms with Crippen LogP contribution >= 0.6 is 0 Å². The summed E-state index contributed by atoms with van der Waals surface area (Å²) in [7, 11) is 0. The van der Waals surface area contributed by atoms with E-state index in [1.54, 1.807) is 0 Å². The van der Waals surface area contributed by atoms with E-state index in [1.165, 1.54) is 11.1 Å². The minimum Gasteiger partial charge on any atom is -0.301 e. The molecular formula is C22H21NO. The Labute approximate surface area is 143 Å². The van der Waals surface area contributed by atoms with Crippen LogP contribution in [0, 0.1) is 0 Å². The summed E-state index contributed by atoms with van der Waals surface area (Å²) in [5, 5.41) is 0. The summed E-state index contributed by atoms with van der Waals surface area (Å²) in [5.74, 6) is 0. The van der Waals surface area contributed by atoms with Crippen molar-refractivity contribution in [3.8, 4) is 0 Å². The summed E-state index contributed by atoms with van der Waals surface area (Å²) < 4.78 is 0. The standard InChI is InChI=1S/C22H21NO/c24-18-22(21-14-8-3-9-15-21)23(16-19-10-4-1-5-11-19)17-20-12-6-2-7-13-20/h1-15,18,22H,16-17H2. The third-order valence-corrected chi connectivity index (χ3v) is 4.12. The van der Waals surface area contributed by atoms with Gasteiger partial charge >= 0.3 is 0 Å². The Hall–Kier alpha value is -2.71. The molecule has 2 nitrogen and oxygen atoms in total. The topological polar surface area (TPSA) is 20.3 Å². The highest BCUT2D eigenvalue weighted by Gasteiger charge is 2.20. The minimum absolute atomic E-state index is 0.258. The zero-order valence-corrected chi connectivity index (χ0v) is 13.6. The maximum absolute atomic E-state index is 11.9. The number of carbonyl (C=O) groups is 1. The Morgan fingerprint density at radius 3 is 1.50 bits per heavy atom. The lowest BCUT2D eigenvalue weighted by atomic mass is 10.0. The highest BCUT2D eigenvalue weighted by molar-refractivity contribution is 5.61. The van der Waals surface area contributed by atoms with Gasteiger partial charge in [-0.2, -0.15) is 0 Å². The third-order valence-electron chi connectivity index (χ3n) is 4.12. The van der Waals surface area contributed by atoms with Gasteiger partial charge in [-0.3, -0.25) is 4.90 Å². The number of rotatable bonds is 7. The van der Waals surface area contributed by atoms with Crippen molar-refractivity contribution in [1.82, 2.24) is 4.90 Å². The van der Waals surface area contributed by atoms with Crippen molar-refractivity contribution in [2.75, 3.05) is 0 Å². The molecule has 0 spiro atoms. The highest BCUT2D eigenvalue weighted by atomic mass is 16.1. The Morgan fingerprint density at radius 2 is 1.08 bits per heavy atom. The normalized spacial score (nSPS) is 12.0. The molecule has 0 aliphatic rings. The van der Waals surface area contributed by atoms with E-state index in [2.05, 4.69) is 29.2 Å². The van der Waals surface area contributed by atoms with E-state index in [1.807, 2.05) is 66.7 Å². The molecule has 0 bridgehead atoms. The summed E-state index contributed by atoms with van der Waals surface area (Å²) in [5.41, 5.74) is 3.44. The Kier molecular flexibility index (Phi) is 5.54. The number of nitrogens with zero attached hydrogens (tertiary/aromatic N) is 1. The highest BCUT2D eigenvalue weighted by Crippen LogP contribution is 2.23. The molecule has 0 aliphatic carbocycles. The molecule has 120 valence electrons. The van der Waals surface area contributed by atoms with E-state index in [0.717, 1.165) is 24.9 Å². The fourth-order valence-corrected chi connectivity index (χ4v) is 2.91. The van der Waals surface area contributed by atoms with E-state index in [-0.39, 0.29) is 6.04 Å².